The van der Waals surface area contributed by atoms with E-state index in [4.69, 9.17) is 5.11 Å². The molecule has 3 heteroatoms. The van der Waals surface area contributed by atoms with Gasteiger partial charge in [0.25, 0.3) is 0 Å². The molecule has 0 unspecified atom stereocenters. The number of hydrogen-bond acceptors (Lipinski definition) is 2. The topological polar surface area (TPSA) is 57.5 Å². The molecule has 0 atom stereocenters. The molecular weight excluding hydrogens is 360 g/mol. The molecule has 4 saturated carbocycles. The highest BCUT2D eigenvalue weighted by Crippen LogP contribution is 2.61. The van der Waals surface area contributed by atoms with Gasteiger partial charge in [-0.1, -0.05) is 24.3 Å². The minimum Gasteiger partial charge on any atom is -0.508 e. The van der Waals surface area contributed by atoms with Crippen molar-refractivity contribution in [1.82, 2.24) is 0 Å². The Morgan fingerprint density at radius 2 is 1.59 bits per heavy atom. The third-order valence-electron chi connectivity index (χ3n) is 7.60. The van der Waals surface area contributed by atoms with Gasteiger partial charge in [0.15, 0.2) is 0 Å². The molecule has 0 saturated heterocycles. The fourth-order valence-corrected chi connectivity index (χ4v) is 6.66. The van der Waals surface area contributed by atoms with E-state index < -0.39 is 5.97 Å². The van der Waals surface area contributed by atoms with Gasteiger partial charge in [0, 0.05) is 6.08 Å². The van der Waals surface area contributed by atoms with Gasteiger partial charge in [-0.15, -0.1) is 0 Å². The first-order valence-electron chi connectivity index (χ1n) is 10.8. The Balaban J connectivity index is 1.48. The zero-order valence-corrected chi connectivity index (χ0v) is 16.8. The smallest absolute Gasteiger partial charge is 0.328 e. The van der Waals surface area contributed by atoms with Gasteiger partial charge in [-0.05, 0) is 115 Å². The summed E-state index contributed by atoms with van der Waals surface area (Å²) in [5.41, 5.74) is 5.37. The van der Waals surface area contributed by atoms with Crippen LogP contribution in [0.5, 0.6) is 5.75 Å². The lowest BCUT2D eigenvalue weighted by atomic mass is 9.50. The van der Waals surface area contributed by atoms with E-state index in [1.165, 1.54) is 37.7 Å². The molecule has 29 heavy (non-hydrogen) atoms. The van der Waals surface area contributed by atoms with E-state index in [2.05, 4.69) is 6.07 Å². The first-order chi connectivity index (χ1) is 14.0. The van der Waals surface area contributed by atoms with Crippen LogP contribution < -0.4 is 0 Å². The SMILES string of the molecule is Cc1cc(O)c(C2C3CC4CC(C3)CC2C4)cc1-c1ccc(C=CC(=O)O)cc1. The molecule has 4 aliphatic carbocycles. The number of phenols is 1. The van der Waals surface area contributed by atoms with E-state index in [-0.39, 0.29) is 0 Å². The third kappa shape index (κ3) is 3.37. The van der Waals surface area contributed by atoms with E-state index in [0.29, 0.717) is 11.7 Å². The second-order valence-corrected chi connectivity index (χ2v) is 9.48. The largest absolute Gasteiger partial charge is 0.508 e. The summed E-state index contributed by atoms with van der Waals surface area (Å²) in [6.07, 6.45) is 9.56. The average molecular weight is 389 g/mol. The summed E-state index contributed by atoms with van der Waals surface area (Å²) >= 11 is 0. The molecule has 0 aliphatic heterocycles. The number of benzene rings is 2. The van der Waals surface area contributed by atoms with Crippen molar-refractivity contribution in [2.24, 2.45) is 23.7 Å². The molecule has 4 aliphatic rings. The Kier molecular flexibility index (Phi) is 4.49. The van der Waals surface area contributed by atoms with Crippen LogP contribution in [-0.4, -0.2) is 16.2 Å². The molecule has 0 radical (unpaired) electrons. The van der Waals surface area contributed by atoms with E-state index >= 15 is 0 Å². The Morgan fingerprint density at radius 3 is 2.17 bits per heavy atom. The number of carbonyl (C=O) groups is 1. The van der Waals surface area contributed by atoms with Crippen LogP contribution >= 0.6 is 0 Å². The fourth-order valence-electron chi connectivity index (χ4n) is 6.66. The fraction of sp³-hybridized carbons (Fsp3) is 0.423. The highest BCUT2D eigenvalue weighted by Gasteiger charge is 2.49. The summed E-state index contributed by atoms with van der Waals surface area (Å²) in [6, 6.07) is 12.2. The number of carboxylic acids is 1. The number of hydrogen-bond donors (Lipinski definition) is 2. The molecule has 2 N–H and O–H groups in total. The number of carboxylic acid groups (broad SMARTS) is 1. The summed E-state index contributed by atoms with van der Waals surface area (Å²) in [7, 11) is 0. The minimum absolute atomic E-state index is 0.463. The Hall–Kier alpha value is -2.55. The Labute approximate surface area is 172 Å². The quantitative estimate of drug-likeness (QED) is 0.631. The molecule has 6 rings (SSSR count). The summed E-state index contributed by atoms with van der Waals surface area (Å²) in [6.45, 7) is 2.05. The number of aryl methyl sites for hydroxylation is 1. The van der Waals surface area contributed by atoms with Crippen molar-refractivity contribution in [2.45, 2.75) is 44.9 Å². The van der Waals surface area contributed by atoms with Crippen molar-refractivity contribution < 1.29 is 15.0 Å². The number of aliphatic carboxylic acids is 1. The summed E-state index contributed by atoms with van der Waals surface area (Å²) in [4.78, 5) is 10.7. The van der Waals surface area contributed by atoms with Crippen LogP contribution in [0.3, 0.4) is 0 Å². The molecule has 3 nitrogen and oxygen atoms in total. The Bertz CT molecular complexity index is 942. The van der Waals surface area contributed by atoms with Gasteiger partial charge in [-0.3, -0.25) is 0 Å². The molecule has 2 aromatic rings. The first-order valence-corrected chi connectivity index (χ1v) is 10.8. The lowest BCUT2D eigenvalue weighted by Gasteiger charge is -2.54. The summed E-state index contributed by atoms with van der Waals surface area (Å²) in [5.74, 6) is 3.33. The lowest BCUT2D eigenvalue weighted by Crippen LogP contribution is -2.43. The number of rotatable bonds is 4. The van der Waals surface area contributed by atoms with Gasteiger partial charge in [-0.25, -0.2) is 4.79 Å². The van der Waals surface area contributed by atoms with Crippen LogP contribution in [0.2, 0.25) is 0 Å². The molecule has 150 valence electrons. The maximum Gasteiger partial charge on any atom is 0.328 e. The summed E-state index contributed by atoms with van der Waals surface area (Å²) in [5, 5.41) is 19.6. The molecule has 4 fully saturated rings. The molecule has 2 aromatic carbocycles. The maximum absolute atomic E-state index is 10.8. The zero-order chi connectivity index (χ0) is 20.1. The monoisotopic (exact) mass is 388 g/mol. The predicted molar refractivity (Wildman–Crippen MR) is 115 cm³/mol. The normalized spacial score (nSPS) is 30.2. The van der Waals surface area contributed by atoms with Crippen LogP contribution in [0.4, 0.5) is 0 Å². The summed E-state index contributed by atoms with van der Waals surface area (Å²) < 4.78 is 0. The van der Waals surface area contributed by atoms with E-state index in [1.807, 2.05) is 37.3 Å². The van der Waals surface area contributed by atoms with Crippen molar-refractivity contribution in [1.29, 1.82) is 0 Å². The molecule has 0 amide bonds. The molecule has 0 heterocycles. The van der Waals surface area contributed by atoms with Crippen LogP contribution in [-0.2, 0) is 4.79 Å². The number of phenolic OH excluding ortho intramolecular Hbond substituents is 1. The highest BCUT2D eigenvalue weighted by atomic mass is 16.4. The highest BCUT2D eigenvalue weighted by molar-refractivity contribution is 5.85. The first kappa shape index (κ1) is 18.5. The average Bonchev–Trinajstić information content (AvgIpc) is 2.67. The van der Waals surface area contributed by atoms with E-state index in [0.717, 1.165) is 52.0 Å². The standard InChI is InChI=1S/C26H28O3/c1-15-8-24(27)23(26-20-10-17-9-18(12-20)13-21(26)11-17)14-22(15)19-5-2-16(3-6-19)4-7-25(28)29/h2-8,14,17-18,20-21,26-27H,9-13H2,1H3,(H,28,29). The lowest BCUT2D eigenvalue weighted by molar-refractivity contribution is -0.131. The molecule has 0 spiro atoms. The van der Waals surface area contributed by atoms with Gasteiger partial charge >= 0.3 is 5.97 Å². The Morgan fingerprint density at radius 1 is 0.966 bits per heavy atom. The second-order valence-electron chi connectivity index (χ2n) is 9.48. The zero-order valence-electron chi connectivity index (χ0n) is 16.8. The van der Waals surface area contributed by atoms with Gasteiger partial charge in [0.1, 0.15) is 5.75 Å². The van der Waals surface area contributed by atoms with Crippen molar-refractivity contribution >= 4 is 12.0 Å². The molecule has 0 aromatic heterocycles. The van der Waals surface area contributed by atoms with Crippen molar-refractivity contribution in [3.8, 4) is 16.9 Å². The van der Waals surface area contributed by atoms with Crippen molar-refractivity contribution in [2.75, 3.05) is 0 Å². The van der Waals surface area contributed by atoms with Crippen molar-refractivity contribution in [3.05, 3.63) is 59.2 Å². The minimum atomic E-state index is -0.941. The van der Waals surface area contributed by atoms with Crippen LogP contribution in [0.25, 0.3) is 17.2 Å². The predicted octanol–water partition coefficient (Wildman–Crippen LogP) is 6.01. The van der Waals surface area contributed by atoms with Crippen molar-refractivity contribution in [3.63, 3.8) is 0 Å². The molecular formula is C26H28O3. The van der Waals surface area contributed by atoms with E-state index in [1.54, 1.807) is 6.08 Å². The molecule has 4 bridgehead atoms. The van der Waals surface area contributed by atoms with E-state index in [9.17, 15) is 9.90 Å². The number of aromatic hydroxyl groups is 1. The van der Waals surface area contributed by atoms with Gasteiger partial charge in [-0.2, -0.15) is 0 Å². The second kappa shape index (κ2) is 7.05. The third-order valence-corrected chi connectivity index (χ3v) is 7.60. The van der Waals surface area contributed by atoms with Gasteiger partial charge < -0.3 is 10.2 Å². The van der Waals surface area contributed by atoms with Crippen LogP contribution in [0.1, 0.15) is 54.7 Å². The van der Waals surface area contributed by atoms with Gasteiger partial charge in [0.2, 0.25) is 0 Å². The van der Waals surface area contributed by atoms with Crippen LogP contribution in [0.15, 0.2) is 42.5 Å². The van der Waals surface area contributed by atoms with Gasteiger partial charge in [0.05, 0.1) is 0 Å². The van der Waals surface area contributed by atoms with Crippen LogP contribution in [0, 0.1) is 30.6 Å². The maximum atomic E-state index is 10.8.